The van der Waals surface area contributed by atoms with E-state index in [-0.39, 0.29) is 17.0 Å². The van der Waals surface area contributed by atoms with E-state index in [0.717, 1.165) is 0 Å². The first kappa shape index (κ1) is 20.2. The van der Waals surface area contributed by atoms with Crippen LogP contribution in [0.4, 0.5) is 17.2 Å². The third-order valence-electron chi connectivity index (χ3n) is 4.07. The first-order valence-corrected chi connectivity index (χ1v) is 9.08. The molecule has 0 radical (unpaired) electrons. The van der Waals surface area contributed by atoms with Crippen LogP contribution in [-0.2, 0) is 0 Å². The van der Waals surface area contributed by atoms with Crippen LogP contribution in [0.3, 0.4) is 0 Å². The highest BCUT2D eigenvalue weighted by atomic mass is 35.5. The van der Waals surface area contributed by atoms with Gasteiger partial charge in [-0.15, -0.1) is 0 Å². The molecule has 0 spiro atoms. The molecule has 0 aliphatic rings. The van der Waals surface area contributed by atoms with Crippen LogP contribution in [0.2, 0.25) is 5.15 Å². The van der Waals surface area contributed by atoms with Crippen molar-refractivity contribution in [3.8, 4) is 5.75 Å². The van der Waals surface area contributed by atoms with E-state index < -0.39 is 0 Å². The number of ether oxygens (including phenoxy) is 1. The van der Waals surface area contributed by atoms with Crippen molar-refractivity contribution in [2.75, 3.05) is 30.1 Å². The molecule has 0 aliphatic heterocycles. The lowest BCUT2D eigenvalue weighted by Crippen LogP contribution is -2.14. The Morgan fingerprint density at radius 2 is 1.41 bits per heavy atom. The van der Waals surface area contributed by atoms with Crippen molar-refractivity contribution in [3.63, 3.8) is 0 Å². The Morgan fingerprint density at radius 1 is 0.862 bits per heavy atom. The molecule has 148 valence electrons. The molecule has 0 unspecified atom stereocenters. The number of amides is 2. The fourth-order valence-corrected chi connectivity index (χ4v) is 2.75. The van der Waals surface area contributed by atoms with Gasteiger partial charge in [0.1, 0.15) is 16.7 Å². The lowest BCUT2D eigenvalue weighted by molar-refractivity contribution is 0.102. The third kappa shape index (κ3) is 5.24. The normalized spacial score (nSPS) is 10.2. The fraction of sp³-hybridized carbons (Fsp3) is 0.0952. The lowest BCUT2D eigenvalue weighted by atomic mass is 10.1. The molecule has 2 aromatic carbocycles. The average molecular weight is 411 g/mol. The van der Waals surface area contributed by atoms with Crippen molar-refractivity contribution < 1.29 is 14.3 Å². The SMILES string of the molecule is CNc1cc(C(=O)Nc2ccc(C(=O)Nc3ccc(OC)cc3)cc2)cc(Cl)n1. The van der Waals surface area contributed by atoms with Gasteiger partial charge in [-0.25, -0.2) is 4.98 Å². The average Bonchev–Trinajstić information content (AvgIpc) is 2.74. The van der Waals surface area contributed by atoms with Gasteiger partial charge in [0, 0.05) is 29.5 Å². The van der Waals surface area contributed by atoms with Gasteiger partial charge < -0.3 is 20.7 Å². The number of methoxy groups -OCH3 is 1. The van der Waals surface area contributed by atoms with Crippen LogP contribution in [-0.4, -0.2) is 31.0 Å². The standard InChI is InChI=1S/C21H19ClN4O3/c1-23-19-12-14(11-18(22)26-19)21(28)25-15-5-3-13(4-6-15)20(27)24-16-7-9-17(29-2)10-8-16/h3-12H,1-2H3,(H,23,26)(H,24,27)(H,25,28). The van der Waals surface area contributed by atoms with E-state index in [1.165, 1.54) is 6.07 Å². The number of nitrogens with zero attached hydrogens (tertiary/aromatic N) is 1. The summed E-state index contributed by atoms with van der Waals surface area (Å²) in [6.07, 6.45) is 0. The minimum absolute atomic E-state index is 0.215. The van der Waals surface area contributed by atoms with E-state index in [9.17, 15) is 9.59 Å². The van der Waals surface area contributed by atoms with E-state index in [1.807, 2.05) is 0 Å². The highest BCUT2D eigenvalue weighted by Crippen LogP contribution is 2.18. The molecule has 1 aromatic heterocycles. The van der Waals surface area contributed by atoms with Crippen LogP contribution in [0, 0.1) is 0 Å². The second kappa shape index (κ2) is 9.07. The van der Waals surface area contributed by atoms with Gasteiger partial charge in [0.25, 0.3) is 11.8 Å². The van der Waals surface area contributed by atoms with Crippen molar-refractivity contribution in [2.24, 2.45) is 0 Å². The summed E-state index contributed by atoms with van der Waals surface area (Å²) in [5.41, 5.74) is 2.04. The van der Waals surface area contributed by atoms with Gasteiger partial charge in [0.05, 0.1) is 7.11 Å². The number of anilines is 3. The second-order valence-electron chi connectivity index (χ2n) is 6.03. The molecule has 8 heteroatoms. The molecule has 0 aliphatic carbocycles. The molecular weight excluding hydrogens is 392 g/mol. The summed E-state index contributed by atoms with van der Waals surface area (Å²) >= 11 is 5.93. The molecule has 1 heterocycles. The van der Waals surface area contributed by atoms with Crippen LogP contribution in [0.25, 0.3) is 0 Å². The van der Waals surface area contributed by atoms with E-state index in [0.29, 0.717) is 34.1 Å². The Morgan fingerprint density at radius 3 is 1.97 bits per heavy atom. The summed E-state index contributed by atoms with van der Waals surface area (Å²) in [5.74, 6) is 0.613. The number of carbonyl (C=O) groups excluding carboxylic acids is 2. The van der Waals surface area contributed by atoms with Crippen LogP contribution < -0.4 is 20.7 Å². The molecule has 3 aromatic rings. The largest absolute Gasteiger partial charge is 0.497 e. The predicted octanol–water partition coefficient (Wildman–Crippen LogP) is 4.29. The number of pyridine rings is 1. The number of halogens is 1. The molecule has 29 heavy (non-hydrogen) atoms. The molecule has 3 rings (SSSR count). The molecule has 0 fully saturated rings. The summed E-state index contributed by atoms with van der Waals surface area (Å²) in [5, 5.41) is 8.63. The lowest BCUT2D eigenvalue weighted by Gasteiger charge is -2.09. The first-order valence-electron chi connectivity index (χ1n) is 8.70. The number of hydrogen-bond donors (Lipinski definition) is 3. The van der Waals surface area contributed by atoms with Gasteiger partial charge >= 0.3 is 0 Å². The van der Waals surface area contributed by atoms with Gasteiger partial charge in [-0.3, -0.25) is 9.59 Å². The van der Waals surface area contributed by atoms with Crippen LogP contribution >= 0.6 is 11.6 Å². The number of nitrogens with one attached hydrogen (secondary N) is 3. The first-order chi connectivity index (χ1) is 14.0. The van der Waals surface area contributed by atoms with E-state index in [4.69, 9.17) is 16.3 Å². The number of rotatable bonds is 6. The third-order valence-corrected chi connectivity index (χ3v) is 4.26. The Labute approximate surface area is 173 Å². The van der Waals surface area contributed by atoms with Crippen LogP contribution in [0.15, 0.2) is 60.7 Å². The van der Waals surface area contributed by atoms with Gasteiger partial charge in [-0.1, -0.05) is 11.6 Å². The van der Waals surface area contributed by atoms with Crippen molar-refractivity contribution in [2.45, 2.75) is 0 Å². The summed E-state index contributed by atoms with van der Waals surface area (Å²) < 4.78 is 5.09. The molecule has 0 saturated carbocycles. The van der Waals surface area contributed by atoms with E-state index >= 15 is 0 Å². The minimum atomic E-state index is -0.332. The Balaban J connectivity index is 1.65. The van der Waals surface area contributed by atoms with Crippen molar-refractivity contribution in [3.05, 3.63) is 76.9 Å². The zero-order chi connectivity index (χ0) is 20.8. The van der Waals surface area contributed by atoms with Crippen molar-refractivity contribution >= 4 is 40.6 Å². The second-order valence-corrected chi connectivity index (χ2v) is 6.42. The summed E-state index contributed by atoms with van der Waals surface area (Å²) in [7, 11) is 3.27. The molecular formula is C21H19ClN4O3. The fourth-order valence-electron chi connectivity index (χ4n) is 2.54. The summed E-state index contributed by atoms with van der Waals surface area (Å²) in [6, 6.07) is 16.7. The number of carbonyl (C=O) groups is 2. The zero-order valence-electron chi connectivity index (χ0n) is 15.8. The van der Waals surface area contributed by atoms with E-state index in [1.54, 1.807) is 68.8 Å². The molecule has 7 nitrogen and oxygen atoms in total. The Bertz CT molecular complexity index is 1020. The highest BCUT2D eigenvalue weighted by molar-refractivity contribution is 6.30. The topological polar surface area (TPSA) is 92.4 Å². The zero-order valence-corrected chi connectivity index (χ0v) is 16.6. The van der Waals surface area contributed by atoms with Crippen molar-refractivity contribution in [1.82, 2.24) is 4.98 Å². The molecule has 0 saturated heterocycles. The van der Waals surface area contributed by atoms with Crippen LogP contribution in [0.1, 0.15) is 20.7 Å². The smallest absolute Gasteiger partial charge is 0.255 e. The van der Waals surface area contributed by atoms with Gasteiger partial charge in [-0.2, -0.15) is 0 Å². The predicted molar refractivity (Wildman–Crippen MR) is 114 cm³/mol. The number of benzene rings is 2. The Kier molecular flexibility index (Phi) is 6.31. The molecule has 0 bridgehead atoms. The number of hydrogen-bond acceptors (Lipinski definition) is 5. The summed E-state index contributed by atoms with van der Waals surface area (Å²) in [4.78, 5) is 28.8. The van der Waals surface area contributed by atoms with E-state index in [2.05, 4.69) is 20.9 Å². The molecule has 2 amide bonds. The van der Waals surface area contributed by atoms with Gasteiger partial charge in [0.15, 0.2) is 0 Å². The quantitative estimate of drug-likeness (QED) is 0.527. The maximum Gasteiger partial charge on any atom is 0.255 e. The van der Waals surface area contributed by atoms with Gasteiger partial charge in [0.2, 0.25) is 0 Å². The number of aromatic nitrogens is 1. The molecule has 3 N–H and O–H groups in total. The maximum absolute atomic E-state index is 12.4. The van der Waals surface area contributed by atoms with Crippen molar-refractivity contribution in [1.29, 1.82) is 0 Å². The summed E-state index contributed by atoms with van der Waals surface area (Å²) in [6.45, 7) is 0. The Hall–Kier alpha value is -3.58. The van der Waals surface area contributed by atoms with Gasteiger partial charge in [-0.05, 0) is 60.7 Å². The highest BCUT2D eigenvalue weighted by Gasteiger charge is 2.11. The van der Waals surface area contributed by atoms with Crippen LogP contribution in [0.5, 0.6) is 5.75 Å². The monoisotopic (exact) mass is 410 g/mol. The molecule has 0 atom stereocenters. The minimum Gasteiger partial charge on any atom is -0.497 e. The maximum atomic E-state index is 12.4.